The van der Waals surface area contributed by atoms with Crippen LogP contribution in [0.2, 0.25) is 0 Å². The predicted octanol–water partition coefficient (Wildman–Crippen LogP) is 2.23. The third kappa shape index (κ3) is 6.61. The number of ether oxygens (including phenoxy) is 1. The molecule has 0 radical (unpaired) electrons. The highest BCUT2D eigenvalue weighted by Crippen LogP contribution is 2.07. The highest BCUT2D eigenvalue weighted by atomic mass is 32.1. The van der Waals surface area contributed by atoms with Crippen molar-refractivity contribution >= 4 is 17.3 Å². The normalized spacial score (nSPS) is 11.6. The van der Waals surface area contributed by atoms with Crippen LogP contribution >= 0.6 is 11.3 Å². The van der Waals surface area contributed by atoms with Crippen molar-refractivity contribution < 1.29 is 4.74 Å². The van der Waals surface area contributed by atoms with Gasteiger partial charge in [-0.2, -0.15) is 0 Å². The Morgan fingerprint density at radius 1 is 1.33 bits per heavy atom. The van der Waals surface area contributed by atoms with Crippen molar-refractivity contribution in [3.8, 4) is 0 Å². The number of hydrogen-bond donors (Lipinski definition) is 2. The lowest BCUT2D eigenvalue weighted by Crippen LogP contribution is -2.37. The summed E-state index contributed by atoms with van der Waals surface area (Å²) in [5.74, 6) is 0.871. The molecule has 0 spiro atoms. The SMILES string of the molecule is CN=C(NCCCCCOC)NCc1cccs1. The molecule has 0 aliphatic heterocycles. The molecule has 2 N–H and O–H groups in total. The summed E-state index contributed by atoms with van der Waals surface area (Å²) in [5.41, 5.74) is 0. The molecule has 0 unspecified atom stereocenters. The van der Waals surface area contributed by atoms with Crippen LogP contribution in [-0.4, -0.2) is 33.3 Å². The topological polar surface area (TPSA) is 45.7 Å². The Labute approximate surface area is 113 Å². The Hall–Kier alpha value is -1.07. The number of nitrogens with one attached hydrogen (secondary N) is 2. The van der Waals surface area contributed by atoms with Gasteiger partial charge in [0.1, 0.15) is 0 Å². The van der Waals surface area contributed by atoms with E-state index in [1.165, 1.54) is 11.3 Å². The monoisotopic (exact) mass is 269 g/mol. The van der Waals surface area contributed by atoms with Crippen molar-refractivity contribution in [2.45, 2.75) is 25.8 Å². The van der Waals surface area contributed by atoms with E-state index in [0.29, 0.717) is 0 Å². The third-order valence-electron chi connectivity index (χ3n) is 2.55. The van der Waals surface area contributed by atoms with E-state index < -0.39 is 0 Å². The molecule has 0 saturated carbocycles. The number of hydrogen-bond acceptors (Lipinski definition) is 3. The Morgan fingerprint density at radius 2 is 2.22 bits per heavy atom. The minimum atomic E-state index is 0.834. The first-order chi connectivity index (χ1) is 8.86. The summed E-state index contributed by atoms with van der Waals surface area (Å²) in [5, 5.41) is 8.70. The number of nitrogens with zero attached hydrogens (tertiary/aromatic N) is 1. The van der Waals surface area contributed by atoms with Crippen LogP contribution in [0.25, 0.3) is 0 Å². The predicted molar refractivity (Wildman–Crippen MR) is 78.2 cm³/mol. The smallest absolute Gasteiger partial charge is 0.191 e. The van der Waals surface area contributed by atoms with Crippen LogP contribution in [0.15, 0.2) is 22.5 Å². The minimum absolute atomic E-state index is 0.834. The lowest BCUT2D eigenvalue weighted by molar-refractivity contribution is 0.192. The molecule has 18 heavy (non-hydrogen) atoms. The number of thiophene rings is 1. The van der Waals surface area contributed by atoms with Gasteiger partial charge in [0.2, 0.25) is 0 Å². The molecule has 1 aromatic heterocycles. The second kappa shape index (κ2) is 9.91. The molecule has 0 aliphatic rings. The fourth-order valence-corrected chi connectivity index (χ4v) is 2.20. The van der Waals surface area contributed by atoms with E-state index in [4.69, 9.17) is 4.74 Å². The molecule has 0 bridgehead atoms. The quantitative estimate of drug-likeness (QED) is 0.432. The zero-order chi connectivity index (χ0) is 13.1. The summed E-state index contributed by atoms with van der Waals surface area (Å²) in [6.07, 6.45) is 3.45. The van der Waals surface area contributed by atoms with Gasteiger partial charge in [-0.1, -0.05) is 6.07 Å². The maximum Gasteiger partial charge on any atom is 0.191 e. The molecule has 0 atom stereocenters. The van der Waals surface area contributed by atoms with E-state index in [0.717, 1.165) is 38.5 Å². The molecule has 0 amide bonds. The lowest BCUT2D eigenvalue weighted by Gasteiger charge is -2.10. The summed E-state index contributed by atoms with van der Waals surface area (Å²) >= 11 is 1.75. The van der Waals surface area contributed by atoms with E-state index in [1.54, 1.807) is 25.5 Å². The van der Waals surface area contributed by atoms with Gasteiger partial charge in [-0.25, -0.2) is 0 Å². The van der Waals surface area contributed by atoms with Gasteiger partial charge < -0.3 is 15.4 Å². The van der Waals surface area contributed by atoms with Crippen LogP contribution in [0.1, 0.15) is 24.1 Å². The van der Waals surface area contributed by atoms with Crippen LogP contribution in [0, 0.1) is 0 Å². The van der Waals surface area contributed by atoms with Crippen molar-refractivity contribution in [2.75, 3.05) is 27.3 Å². The minimum Gasteiger partial charge on any atom is -0.385 e. The van der Waals surface area contributed by atoms with Gasteiger partial charge in [-0.3, -0.25) is 4.99 Å². The molecule has 102 valence electrons. The van der Waals surface area contributed by atoms with Gasteiger partial charge >= 0.3 is 0 Å². The summed E-state index contributed by atoms with van der Waals surface area (Å²) in [6, 6.07) is 4.18. The van der Waals surface area contributed by atoms with E-state index in [-0.39, 0.29) is 0 Å². The molecule has 0 saturated heterocycles. The van der Waals surface area contributed by atoms with Gasteiger partial charge in [0.05, 0.1) is 6.54 Å². The van der Waals surface area contributed by atoms with Crippen molar-refractivity contribution in [2.24, 2.45) is 4.99 Å². The van der Waals surface area contributed by atoms with E-state index in [2.05, 4.69) is 33.1 Å². The van der Waals surface area contributed by atoms with Crippen LogP contribution < -0.4 is 10.6 Å². The van der Waals surface area contributed by atoms with Crippen LogP contribution in [0.4, 0.5) is 0 Å². The Morgan fingerprint density at radius 3 is 2.89 bits per heavy atom. The first-order valence-electron chi connectivity index (χ1n) is 6.32. The first kappa shape index (κ1) is 15.0. The zero-order valence-corrected chi connectivity index (χ0v) is 12.1. The van der Waals surface area contributed by atoms with E-state index in [1.807, 2.05) is 0 Å². The highest BCUT2D eigenvalue weighted by molar-refractivity contribution is 7.09. The lowest BCUT2D eigenvalue weighted by atomic mass is 10.2. The molecule has 4 nitrogen and oxygen atoms in total. The zero-order valence-electron chi connectivity index (χ0n) is 11.2. The first-order valence-corrected chi connectivity index (χ1v) is 7.20. The third-order valence-corrected chi connectivity index (χ3v) is 3.43. The van der Waals surface area contributed by atoms with Gasteiger partial charge in [0, 0.05) is 32.2 Å². The van der Waals surface area contributed by atoms with Gasteiger partial charge in [-0.15, -0.1) is 11.3 Å². The Balaban J connectivity index is 2.07. The Kier molecular flexibility index (Phi) is 8.25. The molecule has 0 aromatic carbocycles. The molecule has 1 aromatic rings. The van der Waals surface area contributed by atoms with Crippen molar-refractivity contribution in [1.82, 2.24) is 10.6 Å². The van der Waals surface area contributed by atoms with Gasteiger partial charge in [0.15, 0.2) is 5.96 Å². The summed E-state index contributed by atoms with van der Waals surface area (Å²) in [6.45, 7) is 2.64. The molecular weight excluding hydrogens is 246 g/mol. The summed E-state index contributed by atoms with van der Waals surface area (Å²) in [4.78, 5) is 5.51. The van der Waals surface area contributed by atoms with Crippen molar-refractivity contribution in [3.05, 3.63) is 22.4 Å². The standard InChI is InChI=1S/C13H23N3OS/c1-14-13(15-8-4-3-5-9-17-2)16-11-12-7-6-10-18-12/h6-7,10H,3-5,8-9,11H2,1-2H3,(H2,14,15,16). The molecule has 5 heteroatoms. The molecule has 1 heterocycles. The fourth-order valence-electron chi connectivity index (χ4n) is 1.56. The molecule has 1 rings (SSSR count). The number of unbranched alkanes of at least 4 members (excludes halogenated alkanes) is 2. The molecule has 0 aliphatic carbocycles. The second-order valence-electron chi connectivity index (χ2n) is 3.99. The average Bonchev–Trinajstić information content (AvgIpc) is 2.90. The molecular formula is C13H23N3OS. The summed E-state index contributed by atoms with van der Waals surface area (Å²) < 4.78 is 5.02. The van der Waals surface area contributed by atoms with Crippen LogP contribution in [-0.2, 0) is 11.3 Å². The Bertz CT molecular complexity index is 325. The van der Waals surface area contributed by atoms with Crippen LogP contribution in [0.3, 0.4) is 0 Å². The largest absolute Gasteiger partial charge is 0.385 e. The van der Waals surface area contributed by atoms with Crippen LogP contribution in [0.5, 0.6) is 0 Å². The van der Waals surface area contributed by atoms with Gasteiger partial charge in [-0.05, 0) is 30.7 Å². The fraction of sp³-hybridized carbons (Fsp3) is 0.615. The highest BCUT2D eigenvalue weighted by Gasteiger charge is 1.98. The number of aliphatic imine (C=N–C) groups is 1. The molecule has 0 fully saturated rings. The second-order valence-corrected chi connectivity index (χ2v) is 5.02. The average molecular weight is 269 g/mol. The number of guanidine groups is 1. The van der Waals surface area contributed by atoms with E-state index >= 15 is 0 Å². The number of rotatable bonds is 8. The van der Waals surface area contributed by atoms with Crippen molar-refractivity contribution in [1.29, 1.82) is 0 Å². The van der Waals surface area contributed by atoms with E-state index in [9.17, 15) is 0 Å². The van der Waals surface area contributed by atoms with Crippen molar-refractivity contribution in [3.63, 3.8) is 0 Å². The maximum atomic E-state index is 5.02. The van der Waals surface area contributed by atoms with Gasteiger partial charge in [0.25, 0.3) is 0 Å². The summed E-state index contributed by atoms with van der Waals surface area (Å²) in [7, 11) is 3.54. The maximum absolute atomic E-state index is 5.02. The number of methoxy groups -OCH3 is 1.